The van der Waals surface area contributed by atoms with Crippen LogP contribution in [-0.4, -0.2) is 37.9 Å². The first-order chi connectivity index (χ1) is 8.63. The first kappa shape index (κ1) is 12.8. The van der Waals surface area contributed by atoms with Crippen molar-refractivity contribution in [3.63, 3.8) is 0 Å². The molecule has 0 bridgehead atoms. The number of carboxylic acids is 1. The van der Waals surface area contributed by atoms with Gasteiger partial charge >= 0.3 is 5.97 Å². The molecule has 0 amide bonds. The Labute approximate surface area is 105 Å². The highest BCUT2D eigenvalue weighted by Gasteiger charge is 2.27. The molecule has 1 unspecified atom stereocenters. The van der Waals surface area contributed by atoms with Gasteiger partial charge in [-0.25, -0.2) is 9.18 Å². The molecule has 1 aromatic rings. The smallest absolute Gasteiger partial charge is 0.340 e. The van der Waals surface area contributed by atoms with Crippen molar-refractivity contribution in [1.82, 2.24) is 0 Å². The fourth-order valence-corrected chi connectivity index (χ4v) is 2.41. The van der Waals surface area contributed by atoms with E-state index in [1.807, 2.05) is 4.90 Å². The maximum absolute atomic E-state index is 13.6. The van der Waals surface area contributed by atoms with Gasteiger partial charge in [-0.05, 0) is 18.6 Å². The molecule has 1 aliphatic heterocycles. The molecule has 1 aliphatic rings. The van der Waals surface area contributed by atoms with E-state index in [1.165, 1.54) is 6.07 Å². The Kier molecular flexibility index (Phi) is 3.81. The molecule has 4 nitrogen and oxygen atoms in total. The van der Waals surface area contributed by atoms with E-state index in [9.17, 15) is 9.18 Å². The predicted octanol–water partition coefficient (Wildman–Crippen LogP) is 2.00. The number of ether oxygens (including phenoxy) is 1. The highest BCUT2D eigenvalue weighted by Crippen LogP contribution is 2.28. The lowest BCUT2D eigenvalue weighted by Gasteiger charge is -2.20. The Morgan fingerprint density at radius 3 is 3.06 bits per heavy atom. The third-order valence-electron chi connectivity index (χ3n) is 3.23. The van der Waals surface area contributed by atoms with Crippen LogP contribution >= 0.6 is 0 Å². The molecule has 1 atom stereocenters. The normalized spacial score (nSPS) is 19.2. The van der Waals surface area contributed by atoms with Crippen molar-refractivity contribution in [2.24, 2.45) is 5.92 Å². The minimum absolute atomic E-state index is 0.240. The molecule has 0 aromatic heterocycles. The SMILES string of the molecule is COCC1CCN(c2cccc(F)c2C(=O)O)C1. The lowest BCUT2D eigenvalue weighted by molar-refractivity contribution is 0.0692. The number of aromatic carboxylic acids is 1. The summed E-state index contributed by atoms with van der Waals surface area (Å²) in [6, 6.07) is 4.37. The second-order valence-corrected chi connectivity index (χ2v) is 4.50. The van der Waals surface area contributed by atoms with E-state index in [0.29, 0.717) is 24.8 Å². The summed E-state index contributed by atoms with van der Waals surface area (Å²) in [4.78, 5) is 13.0. The van der Waals surface area contributed by atoms with Gasteiger partial charge in [-0.15, -0.1) is 0 Å². The largest absolute Gasteiger partial charge is 0.478 e. The molecular formula is C13H16FNO3. The first-order valence-electron chi connectivity index (χ1n) is 5.89. The van der Waals surface area contributed by atoms with Crippen LogP contribution in [0.2, 0.25) is 0 Å². The van der Waals surface area contributed by atoms with Crippen LogP contribution in [0.1, 0.15) is 16.8 Å². The standard InChI is InChI=1S/C13H16FNO3/c1-18-8-9-5-6-15(7-9)11-4-2-3-10(14)12(11)13(16)17/h2-4,9H,5-8H2,1H3,(H,16,17). The van der Waals surface area contributed by atoms with E-state index >= 15 is 0 Å². The Hall–Kier alpha value is -1.62. The summed E-state index contributed by atoms with van der Waals surface area (Å²) in [5.41, 5.74) is 0.219. The molecule has 1 fully saturated rings. The lowest BCUT2D eigenvalue weighted by atomic mass is 10.1. The second-order valence-electron chi connectivity index (χ2n) is 4.50. The van der Waals surface area contributed by atoms with Crippen molar-refractivity contribution in [2.45, 2.75) is 6.42 Å². The molecular weight excluding hydrogens is 237 g/mol. The number of hydrogen-bond acceptors (Lipinski definition) is 3. The minimum Gasteiger partial charge on any atom is -0.478 e. The number of anilines is 1. The number of halogens is 1. The zero-order valence-corrected chi connectivity index (χ0v) is 10.2. The van der Waals surface area contributed by atoms with Crippen LogP contribution in [0.25, 0.3) is 0 Å². The van der Waals surface area contributed by atoms with Crippen molar-refractivity contribution in [3.8, 4) is 0 Å². The van der Waals surface area contributed by atoms with Gasteiger partial charge in [0.1, 0.15) is 11.4 Å². The molecule has 18 heavy (non-hydrogen) atoms. The van der Waals surface area contributed by atoms with Crippen molar-refractivity contribution in [3.05, 3.63) is 29.6 Å². The third kappa shape index (κ3) is 2.46. The summed E-state index contributed by atoms with van der Waals surface area (Å²) in [6.07, 6.45) is 0.934. The van der Waals surface area contributed by atoms with Gasteiger partial charge in [0, 0.05) is 26.1 Å². The molecule has 0 saturated carbocycles. The zero-order valence-electron chi connectivity index (χ0n) is 10.2. The number of hydrogen-bond donors (Lipinski definition) is 1. The quantitative estimate of drug-likeness (QED) is 0.891. The van der Waals surface area contributed by atoms with Crippen LogP contribution in [0.15, 0.2) is 18.2 Å². The van der Waals surface area contributed by atoms with E-state index < -0.39 is 11.8 Å². The van der Waals surface area contributed by atoms with Gasteiger partial charge in [0.25, 0.3) is 0 Å². The van der Waals surface area contributed by atoms with Crippen LogP contribution in [0.3, 0.4) is 0 Å². The molecule has 1 saturated heterocycles. The Bertz CT molecular complexity index is 450. The average Bonchev–Trinajstić information content (AvgIpc) is 2.77. The van der Waals surface area contributed by atoms with Crippen molar-refractivity contribution >= 4 is 11.7 Å². The summed E-state index contributed by atoms with van der Waals surface area (Å²) in [5.74, 6) is -1.53. The summed E-state index contributed by atoms with van der Waals surface area (Å²) < 4.78 is 18.7. The fourth-order valence-electron chi connectivity index (χ4n) is 2.41. The molecule has 1 aromatic carbocycles. The molecule has 1 N–H and O–H groups in total. The highest BCUT2D eigenvalue weighted by molar-refractivity contribution is 5.94. The summed E-state index contributed by atoms with van der Waals surface area (Å²) >= 11 is 0. The minimum atomic E-state index is -1.22. The van der Waals surface area contributed by atoms with Crippen LogP contribution in [0, 0.1) is 11.7 Å². The number of benzene rings is 1. The number of carboxylic acid groups (broad SMARTS) is 1. The van der Waals surface area contributed by atoms with Gasteiger partial charge in [-0.3, -0.25) is 0 Å². The number of carbonyl (C=O) groups is 1. The molecule has 98 valence electrons. The average molecular weight is 253 g/mol. The predicted molar refractivity (Wildman–Crippen MR) is 65.6 cm³/mol. The molecule has 0 spiro atoms. The number of methoxy groups -OCH3 is 1. The van der Waals surface area contributed by atoms with E-state index in [-0.39, 0.29) is 5.56 Å². The molecule has 0 aliphatic carbocycles. The van der Waals surface area contributed by atoms with E-state index in [4.69, 9.17) is 9.84 Å². The third-order valence-corrected chi connectivity index (χ3v) is 3.23. The fraction of sp³-hybridized carbons (Fsp3) is 0.462. The van der Waals surface area contributed by atoms with Crippen LogP contribution in [-0.2, 0) is 4.74 Å². The summed E-state index contributed by atoms with van der Waals surface area (Å²) in [5, 5.41) is 9.08. The first-order valence-corrected chi connectivity index (χ1v) is 5.89. The van der Waals surface area contributed by atoms with Crippen molar-refractivity contribution in [1.29, 1.82) is 0 Å². The number of rotatable bonds is 4. The Morgan fingerprint density at radius 1 is 1.61 bits per heavy atom. The van der Waals surface area contributed by atoms with Gasteiger partial charge < -0.3 is 14.7 Å². The molecule has 2 rings (SSSR count). The lowest BCUT2D eigenvalue weighted by Crippen LogP contribution is -2.23. The zero-order chi connectivity index (χ0) is 13.1. The maximum atomic E-state index is 13.6. The van der Waals surface area contributed by atoms with E-state index in [0.717, 1.165) is 13.0 Å². The second kappa shape index (κ2) is 5.35. The molecule has 1 heterocycles. The van der Waals surface area contributed by atoms with Crippen molar-refractivity contribution < 1.29 is 19.0 Å². The van der Waals surface area contributed by atoms with Gasteiger partial charge in [0.15, 0.2) is 0 Å². The van der Waals surface area contributed by atoms with Gasteiger partial charge in [-0.1, -0.05) is 6.07 Å². The molecule has 0 radical (unpaired) electrons. The summed E-state index contributed by atoms with van der Waals surface area (Å²) in [7, 11) is 1.65. The van der Waals surface area contributed by atoms with E-state index in [2.05, 4.69) is 0 Å². The van der Waals surface area contributed by atoms with Gasteiger partial charge in [0.2, 0.25) is 0 Å². The number of nitrogens with zero attached hydrogens (tertiary/aromatic N) is 1. The maximum Gasteiger partial charge on any atom is 0.340 e. The Balaban J connectivity index is 2.24. The van der Waals surface area contributed by atoms with Crippen LogP contribution < -0.4 is 4.90 Å². The highest BCUT2D eigenvalue weighted by atomic mass is 19.1. The van der Waals surface area contributed by atoms with E-state index in [1.54, 1.807) is 19.2 Å². The monoisotopic (exact) mass is 253 g/mol. The topological polar surface area (TPSA) is 49.8 Å². The van der Waals surface area contributed by atoms with Crippen molar-refractivity contribution in [2.75, 3.05) is 31.7 Å². The summed E-state index contributed by atoms with van der Waals surface area (Å²) in [6.45, 7) is 2.09. The molecule has 5 heteroatoms. The van der Waals surface area contributed by atoms with Crippen LogP contribution in [0.5, 0.6) is 0 Å². The van der Waals surface area contributed by atoms with Crippen LogP contribution in [0.4, 0.5) is 10.1 Å². The van der Waals surface area contributed by atoms with Gasteiger partial charge in [0.05, 0.1) is 12.3 Å². The Morgan fingerprint density at radius 2 is 2.39 bits per heavy atom. The van der Waals surface area contributed by atoms with Gasteiger partial charge in [-0.2, -0.15) is 0 Å².